The van der Waals surface area contributed by atoms with Gasteiger partial charge >= 0.3 is 0 Å². The van der Waals surface area contributed by atoms with E-state index in [4.69, 9.17) is 4.74 Å². The van der Waals surface area contributed by atoms with Gasteiger partial charge in [-0.1, -0.05) is 12.1 Å². The van der Waals surface area contributed by atoms with Crippen molar-refractivity contribution in [2.24, 2.45) is 0 Å². The van der Waals surface area contributed by atoms with Gasteiger partial charge in [-0.05, 0) is 49.6 Å². The number of amides is 2. The largest absolute Gasteiger partial charge is 0.390 e. The topological polar surface area (TPSA) is 97.9 Å². The molecule has 1 aromatic heterocycles. The zero-order valence-electron chi connectivity index (χ0n) is 23.1. The summed E-state index contributed by atoms with van der Waals surface area (Å²) in [5.41, 5.74) is 2.21. The third-order valence-electron chi connectivity index (χ3n) is 8.15. The summed E-state index contributed by atoms with van der Waals surface area (Å²) in [5.74, 6) is -3.90. The van der Waals surface area contributed by atoms with Crippen molar-refractivity contribution < 1.29 is 32.6 Å². The molecule has 1 unspecified atom stereocenters. The van der Waals surface area contributed by atoms with Crippen LogP contribution in [-0.2, 0) is 16.0 Å². The van der Waals surface area contributed by atoms with Gasteiger partial charge < -0.3 is 25.0 Å². The lowest BCUT2D eigenvalue weighted by molar-refractivity contribution is -0.110. The monoisotopic (exact) mass is 580 g/mol. The number of hydrogen-bond donors (Lipinski definition) is 3. The Balaban J connectivity index is 1.33. The average Bonchev–Trinajstić information content (AvgIpc) is 3.39. The van der Waals surface area contributed by atoms with Crippen LogP contribution in [0.15, 0.2) is 30.3 Å². The van der Waals surface area contributed by atoms with Crippen molar-refractivity contribution in [1.82, 2.24) is 14.8 Å². The van der Waals surface area contributed by atoms with Crippen LogP contribution in [0.1, 0.15) is 39.3 Å². The molecule has 1 saturated heterocycles. The molecule has 8 nitrogen and oxygen atoms in total. The number of aromatic nitrogens is 1. The number of carbonyl (C=O) groups is 2. The van der Waals surface area contributed by atoms with Crippen LogP contribution in [0.5, 0.6) is 0 Å². The summed E-state index contributed by atoms with van der Waals surface area (Å²) in [7, 11) is 0. The SMILES string of the molecule is Cc1c(C=C2C(=O)Nc3ccc(F)c(-c4cccc(F)c4F)c32)[nH]c2c1C(=O)N(CC(O)CN1CCOCC1)CCC2. The molecule has 220 valence electrons. The maximum Gasteiger partial charge on any atom is 0.256 e. The number of aromatic amines is 1. The van der Waals surface area contributed by atoms with Gasteiger partial charge in [0.05, 0.1) is 30.5 Å². The van der Waals surface area contributed by atoms with E-state index < -0.39 is 29.5 Å². The highest BCUT2D eigenvalue weighted by Crippen LogP contribution is 2.43. The molecule has 11 heteroatoms. The van der Waals surface area contributed by atoms with Gasteiger partial charge in [-0.2, -0.15) is 0 Å². The first-order valence-corrected chi connectivity index (χ1v) is 14.0. The number of ether oxygens (including phenoxy) is 1. The zero-order chi connectivity index (χ0) is 29.5. The van der Waals surface area contributed by atoms with Crippen molar-refractivity contribution in [3.63, 3.8) is 0 Å². The molecule has 2 amide bonds. The second-order valence-electron chi connectivity index (χ2n) is 10.9. The molecule has 1 atom stereocenters. The van der Waals surface area contributed by atoms with Crippen LogP contribution in [0.3, 0.4) is 0 Å². The Labute approximate surface area is 240 Å². The number of morpholine rings is 1. The smallest absolute Gasteiger partial charge is 0.256 e. The summed E-state index contributed by atoms with van der Waals surface area (Å²) < 4.78 is 49.5. The fourth-order valence-electron chi connectivity index (χ4n) is 6.08. The highest BCUT2D eigenvalue weighted by Gasteiger charge is 2.33. The Hall–Kier alpha value is -3.93. The Bertz CT molecular complexity index is 1600. The highest BCUT2D eigenvalue weighted by molar-refractivity contribution is 6.36. The third-order valence-corrected chi connectivity index (χ3v) is 8.15. The predicted octanol–water partition coefficient (Wildman–Crippen LogP) is 3.98. The maximum atomic E-state index is 15.2. The van der Waals surface area contributed by atoms with E-state index in [2.05, 4.69) is 15.2 Å². The fourth-order valence-corrected chi connectivity index (χ4v) is 6.08. The number of aliphatic hydroxyl groups excluding tert-OH is 1. The van der Waals surface area contributed by atoms with Crippen molar-refractivity contribution in [2.45, 2.75) is 25.9 Å². The number of H-pyrrole nitrogens is 1. The molecular formula is C31H31F3N4O4. The van der Waals surface area contributed by atoms with Crippen LogP contribution in [-0.4, -0.2) is 83.7 Å². The molecule has 3 aliphatic heterocycles. The van der Waals surface area contributed by atoms with Crippen LogP contribution < -0.4 is 5.32 Å². The number of nitrogens with zero attached hydrogens (tertiary/aromatic N) is 2. The van der Waals surface area contributed by atoms with Gasteiger partial charge in [0.15, 0.2) is 11.6 Å². The Morgan fingerprint density at radius 1 is 1.00 bits per heavy atom. The number of aliphatic hydroxyl groups is 1. The summed E-state index contributed by atoms with van der Waals surface area (Å²) in [5, 5.41) is 13.4. The third kappa shape index (κ3) is 5.12. The van der Waals surface area contributed by atoms with Gasteiger partial charge in [-0.3, -0.25) is 14.5 Å². The van der Waals surface area contributed by atoms with Crippen molar-refractivity contribution >= 4 is 29.2 Å². The second-order valence-corrected chi connectivity index (χ2v) is 10.9. The minimum Gasteiger partial charge on any atom is -0.390 e. The van der Waals surface area contributed by atoms with E-state index in [1.54, 1.807) is 11.8 Å². The molecule has 3 N–H and O–H groups in total. The fraction of sp³-hybridized carbons (Fsp3) is 0.355. The van der Waals surface area contributed by atoms with E-state index in [0.717, 1.165) is 25.2 Å². The molecule has 1 fully saturated rings. The Morgan fingerprint density at radius 2 is 1.79 bits per heavy atom. The molecule has 2 aromatic carbocycles. The number of hydrogen-bond acceptors (Lipinski definition) is 5. The van der Waals surface area contributed by atoms with Crippen LogP contribution in [0.4, 0.5) is 18.9 Å². The van der Waals surface area contributed by atoms with E-state index in [9.17, 15) is 23.5 Å². The van der Waals surface area contributed by atoms with Gasteiger partial charge in [0.25, 0.3) is 11.8 Å². The molecule has 6 rings (SSSR count). The van der Waals surface area contributed by atoms with E-state index in [-0.39, 0.29) is 40.4 Å². The first kappa shape index (κ1) is 28.2. The van der Waals surface area contributed by atoms with Gasteiger partial charge in [-0.15, -0.1) is 0 Å². The molecule has 3 aromatic rings. The quantitative estimate of drug-likeness (QED) is 0.384. The van der Waals surface area contributed by atoms with Crippen molar-refractivity contribution in [2.75, 3.05) is 51.3 Å². The van der Waals surface area contributed by atoms with Crippen molar-refractivity contribution in [1.29, 1.82) is 0 Å². The van der Waals surface area contributed by atoms with Crippen LogP contribution >= 0.6 is 0 Å². The zero-order valence-corrected chi connectivity index (χ0v) is 23.1. The lowest BCUT2D eigenvalue weighted by Gasteiger charge is -2.31. The number of nitrogens with one attached hydrogen (secondary N) is 2. The summed E-state index contributed by atoms with van der Waals surface area (Å²) in [6, 6.07) is 5.97. The molecule has 3 aliphatic rings. The molecule has 4 heterocycles. The summed E-state index contributed by atoms with van der Waals surface area (Å²) in [6.07, 6.45) is 2.06. The number of fused-ring (bicyclic) bond motifs is 2. The minimum atomic E-state index is -1.22. The van der Waals surface area contributed by atoms with Crippen molar-refractivity contribution in [3.8, 4) is 11.1 Å². The van der Waals surface area contributed by atoms with Crippen LogP contribution in [0.2, 0.25) is 0 Å². The average molecular weight is 581 g/mol. The lowest BCUT2D eigenvalue weighted by Crippen LogP contribution is -2.46. The van der Waals surface area contributed by atoms with Crippen LogP contribution in [0.25, 0.3) is 22.8 Å². The molecule has 0 radical (unpaired) electrons. The Morgan fingerprint density at radius 3 is 2.57 bits per heavy atom. The van der Waals surface area contributed by atoms with E-state index >= 15 is 4.39 Å². The summed E-state index contributed by atoms with van der Waals surface area (Å²) in [6.45, 7) is 5.60. The first-order chi connectivity index (χ1) is 20.2. The molecule has 0 aliphatic carbocycles. The van der Waals surface area contributed by atoms with Gasteiger partial charge in [-0.25, -0.2) is 13.2 Å². The van der Waals surface area contributed by atoms with Gasteiger partial charge in [0, 0.05) is 66.5 Å². The first-order valence-electron chi connectivity index (χ1n) is 14.0. The van der Waals surface area contributed by atoms with E-state index in [0.29, 0.717) is 61.7 Å². The summed E-state index contributed by atoms with van der Waals surface area (Å²) in [4.78, 5) is 33.8. The number of aryl methyl sites for hydroxylation is 1. The number of rotatable bonds is 6. The van der Waals surface area contributed by atoms with Gasteiger partial charge in [0.1, 0.15) is 5.82 Å². The molecule has 0 saturated carbocycles. The standard InChI is InChI=1S/C31H31F3N4O4/c1-17-25(35-23-6-3-9-38(31(41)26(17)23)16-18(39)15-37-10-12-42-13-11-37)14-20-28-24(36-30(20)40)8-7-21(32)27(28)19-4-2-5-22(33)29(19)34/h2,4-5,7-8,14,18,35,39H,3,6,9-13,15-16H2,1H3,(H,36,40). The summed E-state index contributed by atoms with van der Waals surface area (Å²) >= 11 is 0. The molecule has 0 spiro atoms. The Kier molecular flexibility index (Phi) is 7.65. The number of halogens is 3. The molecule has 42 heavy (non-hydrogen) atoms. The van der Waals surface area contributed by atoms with E-state index in [1.807, 2.05) is 0 Å². The normalized spacial score (nSPS) is 19.1. The molecular weight excluding hydrogens is 549 g/mol. The highest BCUT2D eigenvalue weighted by atomic mass is 19.2. The minimum absolute atomic E-state index is 0.0629. The second kappa shape index (κ2) is 11.4. The van der Waals surface area contributed by atoms with Crippen LogP contribution in [0, 0.1) is 24.4 Å². The number of anilines is 1. The van der Waals surface area contributed by atoms with E-state index in [1.165, 1.54) is 24.3 Å². The maximum absolute atomic E-state index is 15.2. The number of carbonyl (C=O) groups excluding carboxylic acids is 2. The van der Waals surface area contributed by atoms with Crippen molar-refractivity contribution in [3.05, 3.63) is 75.9 Å². The predicted molar refractivity (Wildman–Crippen MR) is 151 cm³/mol. The van der Waals surface area contributed by atoms with Gasteiger partial charge in [0.2, 0.25) is 0 Å². The lowest BCUT2D eigenvalue weighted by atomic mass is 9.93. The number of benzene rings is 2. The molecule has 0 bridgehead atoms. The number of β-amino-alcohol motifs (C(OH)–C–C–N with tert-alkyl or cyclic N) is 1.